The third kappa shape index (κ3) is 112. The Labute approximate surface area is 698 Å². The molecule has 0 heterocycles. The number of nitrogens with two attached hydrogens (primary N) is 4. The Morgan fingerprint density at radius 1 is 0.400 bits per heavy atom. The normalized spacial score (nSPS) is 8.97. The molecular weight excluding hydrogens is 1640 g/mol. The quantitative estimate of drug-likeness (QED) is 0.0421. The SMILES string of the molecule is CC(C)(C)OC(=O)CC#N.CC(C)COC(=O)CC#N.CC(C)OC(=O)CC#N.CCOC(=O)CC#N.CCOC(=O)CC(=O)OCC.CCOC(=O)CS(=O)(=O)c1ccccc1.COC(=O)CC#N.CS(=O)(=O)CC(N)=O.N#CCC#N.N#CCC(=O)Nc1ccccc1.N#CCC(N)=O.N#CCS(=O)(=O)c1ccccc1.NC(=O)CC(N)=O. The molecule has 0 saturated heterocycles. The fraction of sp³-hybridized carbons (Fsp3) is 0.453. The number of carbonyl (C=O) groups excluding carboxylic acids is 13. The molecule has 0 radical (unpaired) electrons. The minimum absolute atomic E-state index is 0. The molecule has 9 N–H and O–H groups in total. The summed E-state index contributed by atoms with van der Waals surface area (Å²) in [5.41, 5.74) is 18.5. The number of carbonyl (C=O) groups is 13. The number of sulfone groups is 3. The fourth-order valence-corrected chi connectivity index (χ4v) is 7.91. The summed E-state index contributed by atoms with van der Waals surface area (Å²) in [5, 5.41) is 81.8. The van der Waals surface area contributed by atoms with Gasteiger partial charge in [-0.1, -0.05) is 68.4 Å². The molecule has 3 rings (SSSR count). The largest absolute Gasteiger partial charge is 0.468 e. The van der Waals surface area contributed by atoms with E-state index >= 15 is 0 Å². The van der Waals surface area contributed by atoms with Crippen LogP contribution in [0.5, 0.6) is 0 Å². The van der Waals surface area contributed by atoms with Crippen LogP contribution in [0.4, 0.5) is 5.69 Å². The van der Waals surface area contributed by atoms with E-state index in [4.69, 9.17) is 57.4 Å². The molecule has 0 spiro atoms. The first kappa shape index (κ1) is 126. The molecular formula is C75H101N15O27S3. The summed E-state index contributed by atoms with van der Waals surface area (Å²) < 4.78 is 102. The molecule has 0 fully saturated rings. The molecule has 0 saturated carbocycles. The Kier molecular flexibility index (Phi) is 88.4. The van der Waals surface area contributed by atoms with E-state index in [-0.39, 0.29) is 106 Å². The highest BCUT2D eigenvalue weighted by Gasteiger charge is 2.20. The molecule has 0 atom stereocenters. The van der Waals surface area contributed by atoms with Crippen LogP contribution in [0, 0.1) is 119 Å². The fourth-order valence-electron chi connectivity index (χ4n) is 5.35. The molecule has 5 amide bonds. The van der Waals surface area contributed by atoms with E-state index < -0.39 is 124 Å². The highest BCUT2D eigenvalue weighted by Crippen LogP contribution is 2.12. The lowest BCUT2D eigenvalue weighted by Gasteiger charge is -2.18. The Hall–Kier alpha value is -14.5. The van der Waals surface area contributed by atoms with Crippen LogP contribution >= 0.6 is 0 Å². The van der Waals surface area contributed by atoms with E-state index in [1.165, 1.54) is 31.4 Å². The number of esters is 8. The van der Waals surface area contributed by atoms with Gasteiger partial charge < -0.3 is 66.1 Å². The molecule has 0 aliphatic rings. The summed E-state index contributed by atoms with van der Waals surface area (Å²) in [6.07, 6.45) is -0.869. The third-order valence-electron chi connectivity index (χ3n) is 9.45. The molecule has 0 aliphatic carbocycles. The van der Waals surface area contributed by atoms with Crippen molar-refractivity contribution in [1.82, 2.24) is 0 Å². The number of benzene rings is 3. The summed E-state index contributed by atoms with van der Waals surface area (Å²) in [7, 11) is -8.88. The number of nitriles is 10. The van der Waals surface area contributed by atoms with Gasteiger partial charge in [-0.2, -0.15) is 52.6 Å². The smallest absolute Gasteiger partial charge is 0.321 e. The van der Waals surface area contributed by atoms with Gasteiger partial charge in [-0.3, -0.25) is 62.3 Å². The summed E-state index contributed by atoms with van der Waals surface area (Å²) >= 11 is 0. The number of methoxy groups -OCH3 is 1. The van der Waals surface area contributed by atoms with Gasteiger partial charge in [0.2, 0.25) is 29.5 Å². The van der Waals surface area contributed by atoms with Crippen LogP contribution in [0.15, 0.2) is 101 Å². The highest BCUT2D eigenvalue weighted by atomic mass is 32.2. The highest BCUT2D eigenvalue weighted by molar-refractivity contribution is 7.92. The molecule has 656 valence electrons. The van der Waals surface area contributed by atoms with E-state index in [2.05, 4.69) is 61.4 Å². The van der Waals surface area contributed by atoms with Crippen LogP contribution in [-0.4, -0.2) is 178 Å². The van der Waals surface area contributed by atoms with Gasteiger partial charge in [0.25, 0.3) is 0 Å². The van der Waals surface area contributed by atoms with Crippen molar-refractivity contribution in [3.05, 3.63) is 91.0 Å². The van der Waals surface area contributed by atoms with E-state index in [0.717, 1.165) is 11.9 Å². The average molecular weight is 1740 g/mol. The number of amides is 5. The zero-order valence-electron chi connectivity index (χ0n) is 68.6. The third-order valence-corrected chi connectivity index (χ3v) is 13.4. The second kappa shape index (κ2) is 83.9. The lowest BCUT2D eigenvalue weighted by atomic mass is 10.2. The maximum Gasteiger partial charge on any atom is 0.321 e. The van der Waals surface area contributed by atoms with Crippen molar-refractivity contribution in [2.75, 3.05) is 69.0 Å². The van der Waals surface area contributed by atoms with Gasteiger partial charge in [0.1, 0.15) is 81.3 Å². The number of para-hydroxylation sites is 1. The number of rotatable bonds is 26. The Morgan fingerprint density at radius 3 is 1.02 bits per heavy atom. The predicted molar refractivity (Wildman–Crippen MR) is 422 cm³/mol. The number of primary amides is 4. The minimum atomic E-state index is -3.56. The van der Waals surface area contributed by atoms with E-state index in [0.29, 0.717) is 19.1 Å². The van der Waals surface area contributed by atoms with Gasteiger partial charge in [0.15, 0.2) is 35.3 Å². The van der Waals surface area contributed by atoms with Crippen LogP contribution < -0.4 is 28.3 Å². The average Bonchev–Trinajstić information content (AvgIpc) is 0.843. The van der Waals surface area contributed by atoms with E-state index in [9.17, 15) is 87.6 Å². The maximum atomic E-state index is 11.6. The maximum absolute atomic E-state index is 11.6. The van der Waals surface area contributed by atoms with Gasteiger partial charge in [0.05, 0.1) is 117 Å². The minimum Gasteiger partial charge on any atom is -0.468 e. The molecule has 0 aromatic heterocycles. The van der Waals surface area contributed by atoms with Gasteiger partial charge >= 0.3 is 47.8 Å². The van der Waals surface area contributed by atoms with Crippen LogP contribution in [0.3, 0.4) is 0 Å². The molecule has 3 aromatic carbocycles. The number of nitrogens with one attached hydrogen (secondary N) is 1. The summed E-state index contributed by atoms with van der Waals surface area (Å²) in [6.45, 7) is 20.9. The second-order valence-electron chi connectivity index (χ2n) is 22.3. The van der Waals surface area contributed by atoms with Crippen molar-refractivity contribution in [3.8, 4) is 60.7 Å². The Morgan fingerprint density at radius 2 is 0.750 bits per heavy atom. The number of hydrogen-bond acceptors (Lipinski definition) is 37. The molecule has 3 aromatic rings. The summed E-state index contributed by atoms with van der Waals surface area (Å²) in [4.78, 5) is 134. The first-order valence-corrected chi connectivity index (χ1v) is 39.4. The van der Waals surface area contributed by atoms with Crippen molar-refractivity contribution in [1.29, 1.82) is 52.6 Å². The zero-order valence-corrected chi connectivity index (χ0v) is 71.0. The molecule has 0 bridgehead atoms. The molecule has 42 nitrogen and oxygen atoms in total. The van der Waals surface area contributed by atoms with Gasteiger partial charge in [-0.25, -0.2) is 25.3 Å². The van der Waals surface area contributed by atoms with E-state index in [1.54, 1.807) is 172 Å². The van der Waals surface area contributed by atoms with Crippen molar-refractivity contribution < 1.29 is 125 Å². The first-order valence-electron chi connectivity index (χ1n) is 34.1. The van der Waals surface area contributed by atoms with Crippen molar-refractivity contribution in [2.45, 2.75) is 162 Å². The lowest BCUT2D eigenvalue weighted by Crippen LogP contribution is -2.23. The standard InChI is InChI=1S/C10H12O4S.C9H8N2O.C8H7NO2S.2C7H11NO2.C7H12O4.C6H9NO2.C5H7NO2.C4H5NO2.C3H6N2O2.C3H4N2O.C3H2N2.C3H7NO3S/c1-2-14-10(11)8-15(12,13)9-6-4-3-5-7-9;10-7-6-9(12)11-8-4-2-1-3-5-8;9-6-7-12(10,11)8-4-2-1-3-5-8;1-7(2,3)10-6(9)4-5-8;1-6(2)5-10-7(9)3-4-8;1-3-10-6(8)5-7(9)11-4-2;1-5(2)9-6(8)3-4-7;1-2-8-5(7)3-4-6;1-7-4(6)2-3-5;4-2(6)1-3(5)7;4-2-1-3(5)6;4-2-1-3-5;1-8(6,7)2-3(4)5/h3-7H,2,8H2,1H3;1-5H,6H2,(H,11,12);1-5H,7H2;4H2,1-3H3;6H,3,5H2,1-2H3;3-5H2,1-2H3;5H,3H2,1-2H3;2-3H2,1H3;2H2,1H3;1H2,(H2,4,6)(H2,5,7);1H2,(H2,5,6);1H2;2H2,1H3,(H2,4,5). The molecule has 120 heavy (non-hydrogen) atoms. The number of anilines is 1. The molecule has 0 aliphatic heterocycles. The van der Waals surface area contributed by atoms with Crippen molar-refractivity contribution in [2.24, 2.45) is 28.9 Å². The van der Waals surface area contributed by atoms with Crippen LogP contribution in [-0.2, 0) is 130 Å². The predicted octanol–water partition coefficient (Wildman–Crippen LogP) is 4.45. The van der Waals surface area contributed by atoms with Gasteiger partial charge in [-0.15, -0.1) is 0 Å². The zero-order chi connectivity index (χ0) is 95.2. The van der Waals surface area contributed by atoms with Crippen LogP contribution in [0.2, 0.25) is 0 Å². The lowest BCUT2D eigenvalue weighted by molar-refractivity contribution is -0.155. The van der Waals surface area contributed by atoms with Crippen LogP contribution in [0.25, 0.3) is 0 Å². The Bertz CT molecular complexity index is 4320. The van der Waals surface area contributed by atoms with Crippen molar-refractivity contribution >= 4 is 112 Å². The van der Waals surface area contributed by atoms with Gasteiger partial charge in [-0.05, 0) is 105 Å². The Balaban J connectivity index is -0.000000138. The first-order chi connectivity index (χ1) is 55.9. The topological polar surface area (TPSA) is 752 Å². The summed E-state index contributed by atoms with van der Waals surface area (Å²) in [6, 6.07) is 41.6. The number of ether oxygens (including phenoxy) is 8. The second-order valence-corrected chi connectivity index (χ2v) is 28.5. The summed E-state index contributed by atoms with van der Waals surface area (Å²) in [5.74, 6) is -8.40. The number of nitrogens with zero attached hydrogens (tertiary/aromatic N) is 10. The van der Waals surface area contributed by atoms with Gasteiger partial charge in [0, 0.05) is 11.9 Å². The van der Waals surface area contributed by atoms with Crippen LogP contribution in [0.1, 0.15) is 140 Å². The van der Waals surface area contributed by atoms with E-state index in [1.807, 2.05) is 32.0 Å². The van der Waals surface area contributed by atoms with Crippen molar-refractivity contribution in [3.63, 3.8) is 0 Å². The monoisotopic (exact) mass is 1740 g/mol. The number of hydrogen-bond donors (Lipinski definition) is 5. The molecule has 45 heteroatoms. The molecule has 0 unspecified atom stereocenters.